The lowest BCUT2D eigenvalue weighted by molar-refractivity contribution is -0.649. The van der Waals surface area contributed by atoms with Crippen molar-refractivity contribution in [3.05, 3.63) is 48.5 Å². The zero-order valence-corrected chi connectivity index (χ0v) is 9.95. The van der Waals surface area contributed by atoms with Crippen LogP contribution >= 0.6 is 0 Å². The average Bonchev–Trinajstić information content (AvgIpc) is 3.07. The van der Waals surface area contributed by atoms with Crippen LogP contribution in [0.3, 0.4) is 0 Å². The van der Waals surface area contributed by atoms with Crippen molar-refractivity contribution in [1.29, 1.82) is 0 Å². The second-order valence-corrected chi connectivity index (χ2v) is 4.71. The van der Waals surface area contributed by atoms with Gasteiger partial charge in [0.25, 0.3) is 11.2 Å². The SMILES string of the molecule is c1cnc2cc3c(oc4[n+]3Cc3ccncc3-4)n2c1. The Hall–Kier alpha value is -2.69. The molecule has 4 aromatic rings. The van der Waals surface area contributed by atoms with Crippen molar-refractivity contribution in [2.45, 2.75) is 6.54 Å². The minimum Gasteiger partial charge on any atom is -0.380 e. The van der Waals surface area contributed by atoms with Crippen molar-refractivity contribution in [2.75, 3.05) is 0 Å². The van der Waals surface area contributed by atoms with Gasteiger partial charge >= 0.3 is 5.89 Å². The third-order valence-electron chi connectivity index (χ3n) is 3.68. The summed E-state index contributed by atoms with van der Waals surface area (Å²) < 4.78 is 10.2. The third-order valence-corrected chi connectivity index (χ3v) is 3.68. The quantitative estimate of drug-likeness (QED) is 0.393. The van der Waals surface area contributed by atoms with Gasteiger partial charge in [0, 0.05) is 30.4 Å². The molecule has 0 bridgehead atoms. The Balaban J connectivity index is 1.93. The molecule has 0 saturated heterocycles. The van der Waals surface area contributed by atoms with Gasteiger partial charge in [0.2, 0.25) is 0 Å². The van der Waals surface area contributed by atoms with E-state index in [0.717, 1.165) is 34.9 Å². The van der Waals surface area contributed by atoms with Gasteiger partial charge in [0.1, 0.15) is 11.2 Å². The fraction of sp³-hybridized carbons (Fsp3) is 0.0714. The highest BCUT2D eigenvalue weighted by Gasteiger charge is 2.35. The zero-order chi connectivity index (χ0) is 12.4. The second kappa shape index (κ2) is 3.00. The molecule has 0 unspecified atom stereocenters. The lowest BCUT2D eigenvalue weighted by Crippen LogP contribution is -2.30. The van der Waals surface area contributed by atoms with Crippen LogP contribution in [-0.4, -0.2) is 14.4 Å². The number of hydrogen-bond donors (Lipinski definition) is 0. The first kappa shape index (κ1) is 9.27. The number of pyridine rings is 1. The zero-order valence-electron chi connectivity index (χ0n) is 9.95. The van der Waals surface area contributed by atoms with Gasteiger partial charge < -0.3 is 4.42 Å². The normalized spacial score (nSPS) is 13.1. The topological polar surface area (TPSA) is 47.2 Å². The fourth-order valence-corrected chi connectivity index (χ4v) is 2.80. The van der Waals surface area contributed by atoms with Crippen LogP contribution < -0.4 is 4.57 Å². The first-order valence-corrected chi connectivity index (χ1v) is 6.13. The minimum absolute atomic E-state index is 0.830. The molecule has 0 amide bonds. The van der Waals surface area contributed by atoms with Crippen LogP contribution in [0.25, 0.3) is 28.3 Å². The molecule has 0 aromatic carbocycles. The Morgan fingerprint density at radius 2 is 2.32 bits per heavy atom. The van der Waals surface area contributed by atoms with Gasteiger partial charge in [0.15, 0.2) is 6.54 Å². The molecule has 0 radical (unpaired) electrons. The molecule has 5 rings (SSSR count). The maximum atomic E-state index is 6.04. The Kier molecular flexibility index (Phi) is 1.46. The number of rotatable bonds is 0. The van der Waals surface area contributed by atoms with Crippen molar-refractivity contribution >= 4 is 16.9 Å². The van der Waals surface area contributed by atoms with Crippen LogP contribution in [0.4, 0.5) is 0 Å². The Labute approximate surface area is 107 Å². The monoisotopic (exact) mass is 249 g/mol. The Morgan fingerprint density at radius 3 is 3.32 bits per heavy atom. The maximum absolute atomic E-state index is 6.04. The number of oxazole rings is 1. The highest BCUT2D eigenvalue weighted by molar-refractivity contribution is 5.77. The van der Waals surface area contributed by atoms with E-state index in [2.05, 4.69) is 20.6 Å². The molecule has 1 aliphatic heterocycles. The lowest BCUT2D eigenvalue weighted by Gasteiger charge is -1.91. The van der Waals surface area contributed by atoms with Crippen LogP contribution in [-0.2, 0) is 6.54 Å². The second-order valence-electron chi connectivity index (χ2n) is 4.71. The van der Waals surface area contributed by atoms with E-state index in [0.29, 0.717) is 0 Å². The number of fused-ring (bicyclic) bond motifs is 7. The summed E-state index contributed by atoms with van der Waals surface area (Å²) in [6, 6.07) is 6.00. The summed E-state index contributed by atoms with van der Waals surface area (Å²) in [7, 11) is 0. The molecule has 0 spiro atoms. The number of nitrogens with zero attached hydrogens (tertiary/aromatic N) is 4. The van der Waals surface area contributed by atoms with E-state index in [4.69, 9.17) is 4.42 Å². The molecular weight excluding hydrogens is 240 g/mol. The summed E-state index contributed by atoms with van der Waals surface area (Å²) in [5.74, 6) is 0.881. The summed E-state index contributed by atoms with van der Waals surface area (Å²) in [6.45, 7) is 0.830. The molecule has 19 heavy (non-hydrogen) atoms. The van der Waals surface area contributed by atoms with Gasteiger partial charge in [-0.3, -0.25) is 9.38 Å². The fourth-order valence-electron chi connectivity index (χ4n) is 2.80. The average molecular weight is 249 g/mol. The van der Waals surface area contributed by atoms with Crippen molar-refractivity contribution in [3.63, 3.8) is 0 Å². The van der Waals surface area contributed by atoms with E-state index in [9.17, 15) is 0 Å². The van der Waals surface area contributed by atoms with E-state index >= 15 is 0 Å². The van der Waals surface area contributed by atoms with Crippen molar-refractivity contribution in [2.24, 2.45) is 0 Å². The standard InChI is InChI=1S/C14H9N4O/c1-3-16-12-6-11-14(17(12)5-1)19-13-10-7-15-4-2-9(10)8-18(11)13/h1-7H,8H2/q+1. The van der Waals surface area contributed by atoms with Crippen LogP contribution in [0.15, 0.2) is 47.4 Å². The van der Waals surface area contributed by atoms with Gasteiger partial charge in [-0.15, -0.1) is 0 Å². The van der Waals surface area contributed by atoms with Gasteiger partial charge in [-0.25, -0.2) is 4.98 Å². The summed E-state index contributed by atoms with van der Waals surface area (Å²) in [6.07, 6.45) is 7.44. The predicted octanol–water partition coefficient (Wildman–Crippen LogP) is 1.79. The minimum atomic E-state index is 0.830. The summed E-state index contributed by atoms with van der Waals surface area (Å²) in [4.78, 5) is 8.52. The molecule has 90 valence electrons. The molecule has 1 aliphatic rings. The summed E-state index contributed by atoms with van der Waals surface area (Å²) in [5, 5.41) is 0. The smallest absolute Gasteiger partial charge is 0.380 e. The summed E-state index contributed by atoms with van der Waals surface area (Å²) >= 11 is 0. The largest absolute Gasteiger partial charge is 0.385 e. The van der Waals surface area contributed by atoms with E-state index in [1.807, 2.05) is 35.1 Å². The van der Waals surface area contributed by atoms with Crippen molar-refractivity contribution in [1.82, 2.24) is 14.4 Å². The molecule has 5 nitrogen and oxygen atoms in total. The number of aromatic nitrogens is 4. The van der Waals surface area contributed by atoms with E-state index in [1.54, 1.807) is 6.20 Å². The Bertz CT molecular complexity index is 951. The van der Waals surface area contributed by atoms with Crippen LogP contribution in [0.5, 0.6) is 0 Å². The van der Waals surface area contributed by atoms with E-state index < -0.39 is 0 Å². The lowest BCUT2D eigenvalue weighted by atomic mass is 10.2. The van der Waals surface area contributed by atoms with Gasteiger partial charge in [-0.2, -0.15) is 4.57 Å². The molecular formula is C14H9N4O+. The molecule has 0 fully saturated rings. The van der Waals surface area contributed by atoms with E-state index in [1.165, 1.54) is 5.56 Å². The highest BCUT2D eigenvalue weighted by atomic mass is 16.4. The maximum Gasteiger partial charge on any atom is 0.385 e. The first-order valence-electron chi connectivity index (χ1n) is 6.13. The van der Waals surface area contributed by atoms with Crippen LogP contribution in [0, 0.1) is 0 Å². The highest BCUT2D eigenvalue weighted by Crippen LogP contribution is 2.31. The molecule has 4 aromatic heterocycles. The molecule has 0 N–H and O–H groups in total. The van der Waals surface area contributed by atoms with Gasteiger partial charge in [0.05, 0.1) is 6.07 Å². The predicted molar refractivity (Wildman–Crippen MR) is 67.5 cm³/mol. The molecule has 0 aliphatic carbocycles. The molecule has 5 heterocycles. The molecule has 0 saturated carbocycles. The van der Waals surface area contributed by atoms with E-state index in [-0.39, 0.29) is 0 Å². The molecule has 0 atom stereocenters. The number of hydrogen-bond acceptors (Lipinski definition) is 3. The first-order chi connectivity index (χ1) is 9.42. The van der Waals surface area contributed by atoms with Crippen molar-refractivity contribution in [3.8, 4) is 11.5 Å². The summed E-state index contributed by atoms with van der Waals surface area (Å²) in [5.41, 5.74) is 5.15. The third kappa shape index (κ3) is 1.03. The molecule has 5 heteroatoms. The van der Waals surface area contributed by atoms with Crippen LogP contribution in [0.1, 0.15) is 5.56 Å². The van der Waals surface area contributed by atoms with Gasteiger partial charge in [-0.1, -0.05) is 0 Å². The Morgan fingerprint density at radius 1 is 1.32 bits per heavy atom. The van der Waals surface area contributed by atoms with Crippen molar-refractivity contribution < 1.29 is 8.98 Å². The van der Waals surface area contributed by atoms with Gasteiger partial charge in [-0.05, 0) is 12.1 Å². The van der Waals surface area contributed by atoms with Crippen LogP contribution in [0.2, 0.25) is 0 Å².